The van der Waals surface area contributed by atoms with Crippen LogP contribution in [0.4, 0.5) is 0 Å². The molecule has 8 heteroatoms. The van der Waals surface area contributed by atoms with Gasteiger partial charge in [-0.15, -0.1) is 10.2 Å². The van der Waals surface area contributed by atoms with E-state index in [0.717, 1.165) is 17.0 Å². The fraction of sp³-hybridized carbons (Fsp3) is 0.130. The number of carbonyl (C=O) groups excluding carboxylic acids is 1. The third-order valence-corrected chi connectivity index (χ3v) is 5.98. The average Bonchev–Trinajstić information content (AvgIpc) is 3.23. The third kappa shape index (κ3) is 4.62. The van der Waals surface area contributed by atoms with Gasteiger partial charge in [-0.25, -0.2) is 0 Å². The fourth-order valence-electron chi connectivity index (χ4n) is 3.06. The van der Waals surface area contributed by atoms with Crippen molar-refractivity contribution in [1.29, 1.82) is 0 Å². The molecule has 0 radical (unpaired) electrons. The molecule has 0 bridgehead atoms. The first-order valence-corrected chi connectivity index (χ1v) is 10.8. The van der Waals surface area contributed by atoms with Crippen molar-refractivity contribution < 1.29 is 9.53 Å². The number of Topliss-reactive ketones (excluding diaryl/α,β-unsaturated/α-hetero) is 1. The minimum Gasteiger partial charge on any atom is -0.497 e. The molecular weight excluding hydrogens is 432 g/mol. The number of hydrogen-bond acceptors (Lipinski definition) is 6. The summed E-state index contributed by atoms with van der Waals surface area (Å²) < 4.78 is 7.21. The number of benzene rings is 2. The Kier molecular flexibility index (Phi) is 6.34. The minimum atomic E-state index is -0.368. The van der Waals surface area contributed by atoms with Crippen molar-refractivity contribution >= 4 is 29.1 Å². The van der Waals surface area contributed by atoms with Crippen LogP contribution in [0.1, 0.15) is 17.3 Å². The molecule has 2 aromatic heterocycles. The molecule has 1 unspecified atom stereocenters. The van der Waals surface area contributed by atoms with E-state index in [9.17, 15) is 4.79 Å². The number of nitrogens with zero attached hydrogens (tertiary/aromatic N) is 4. The summed E-state index contributed by atoms with van der Waals surface area (Å²) in [7, 11) is 1.63. The molecular formula is C23H19ClN4O2S. The Morgan fingerprint density at radius 2 is 1.68 bits per heavy atom. The molecule has 4 rings (SSSR count). The van der Waals surface area contributed by atoms with Crippen LogP contribution in [0.2, 0.25) is 5.02 Å². The molecule has 0 aliphatic carbocycles. The zero-order valence-electron chi connectivity index (χ0n) is 16.9. The number of ketones is 1. The van der Waals surface area contributed by atoms with E-state index in [1.165, 1.54) is 11.8 Å². The lowest BCUT2D eigenvalue weighted by atomic mass is 10.1. The maximum atomic E-state index is 12.9. The van der Waals surface area contributed by atoms with Gasteiger partial charge < -0.3 is 4.74 Å². The Bertz CT molecular complexity index is 1180. The molecule has 4 aromatic rings. The highest BCUT2D eigenvalue weighted by Crippen LogP contribution is 2.31. The summed E-state index contributed by atoms with van der Waals surface area (Å²) >= 11 is 7.30. The first-order chi connectivity index (χ1) is 15.1. The zero-order chi connectivity index (χ0) is 21.8. The SMILES string of the molecule is COc1ccc(-n2c(SC(C)C(=O)c3ccc(Cl)cc3)nnc2-c2ccncc2)cc1. The first kappa shape index (κ1) is 21.1. The van der Waals surface area contributed by atoms with Gasteiger partial charge in [0.05, 0.1) is 12.4 Å². The van der Waals surface area contributed by atoms with Crippen LogP contribution in [-0.2, 0) is 0 Å². The van der Waals surface area contributed by atoms with E-state index in [4.69, 9.17) is 16.3 Å². The van der Waals surface area contributed by atoms with E-state index >= 15 is 0 Å². The lowest BCUT2D eigenvalue weighted by Gasteiger charge is -2.14. The lowest BCUT2D eigenvalue weighted by Crippen LogP contribution is -2.14. The third-order valence-electron chi connectivity index (χ3n) is 4.68. The highest BCUT2D eigenvalue weighted by Gasteiger charge is 2.22. The van der Waals surface area contributed by atoms with Crippen LogP contribution >= 0.6 is 23.4 Å². The van der Waals surface area contributed by atoms with E-state index in [1.807, 2.05) is 47.9 Å². The van der Waals surface area contributed by atoms with Gasteiger partial charge in [0, 0.05) is 34.2 Å². The van der Waals surface area contributed by atoms with Crippen molar-refractivity contribution in [2.24, 2.45) is 0 Å². The fourth-order valence-corrected chi connectivity index (χ4v) is 4.13. The van der Waals surface area contributed by atoms with Crippen molar-refractivity contribution in [3.63, 3.8) is 0 Å². The second-order valence-corrected chi connectivity index (χ2v) is 8.45. The van der Waals surface area contributed by atoms with Crippen LogP contribution in [0.5, 0.6) is 5.75 Å². The van der Waals surface area contributed by atoms with Gasteiger partial charge in [-0.05, 0) is 67.6 Å². The zero-order valence-corrected chi connectivity index (χ0v) is 18.5. The van der Waals surface area contributed by atoms with E-state index in [0.29, 0.717) is 21.6 Å². The Balaban J connectivity index is 1.70. The Hall–Kier alpha value is -3.16. The summed E-state index contributed by atoms with van der Waals surface area (Å²) in [5.41, 5.74) is 2.35. The molecule has 2 heterocycles. The summed E-state index contributed by atoms with van der Waals surface area (Å²) in [6.45, 7) is 1.86. The predicted molar refractivity (Wildman–Crippen MR) is 122 cm³/mol. The molecule has 0 aliphatic rings. The van der Waals surface area contributed by atoms with Crippen molar-refractivity contribution in [2.45, 2.75) is 17.3 Å². The molecule has 0 aliphatic heterocycles. The lowest BCUT2D eigenvalue weighted by molar-refractivity contribution is 0.0994. The second-order valence-electron chi connectivity index (χ2n) is 6.71. The Morgan fingerprint density at radius 3 is 2.32 bits per heavy atom. The van der Waals surface area contributed by atoms with E-state index < -0.39 is 0 Å². The summed E-state index contributed by atoms with van der Waals surface area (Å²) in [5, 5.41) is 9.64. The van der Waals surface area contributed by atoms with E-state index in [-0.39, 0.29) is 11.0 Å². The predicted octanol–water partition coefficient (Wildman–Crippen LogP) is 5.35. The molecule has 31 heavy (non-hydrogen) atoms. The van der Waals surface area contributed by atoms with Crippen LogP contribution in [0.15, 0.2) is 78.2 Å². The standard InChI is InChI=1S/C23H19ClN4O2S/c1-15(21(29)16-3-5-18(24)6-4-16)31-23-27-26-22(17-11-13-25-14-12-17)28(23)19-7-9-20(30-2)10-8-19/h3-15H,1-2H3. The van der Waals surface area contributed by atoms with Crippen molar-refractivity contribution in [3.8, 4) is 22.8 Å². The van der Waals surface area contributed by atoms with Crippen LogP contribution in [-0.4, -0.2) is 37.9 Å². The average molecular weight is 451 g/mol. The van der Waals surface area contributed by atoms with Crippen LogP contribution in [0, 0.1) is 0 Å². The van der Waals surface area contributed by atoms with Crippen LogP contribution < -0.4 is 4.74 Å². The van der Waals surface area contributed by atoms with Crippen molar-refractivity contribution in [2.75, 3.05) is 7.11 Å². The van der Waals surface area contributed by atoms with Crippen molar-refractivity contribution in [3.05, 3.63) is 83.6 Å². The molecule has 156 valence electrons. The maximum Gasteiger partial charge on any atom is 0.196 e. The molecule has 0 amide bonds. The quantitative estimate of drug-likeness (QED) is 0.279. The summed E-state index contributed by atoms with van der Waals surface area (Å²) in [6, 6.07) is 18.3. The van der Waals surface area contributed by atoms with E-state index in [2.05, 4.69) is 15.2 Å². The van der Waals surface area contributed by atoms with Gasteiger partial charge in [0.1, 0.15) is 5.75 Å². The Morgan fingerprint density at radius 1 is 1.00 bits per heavy atom. The van der Waals surface area contributed by atoms with Gasteiger partial charge in [0.2, 0.25) is 0 Å². The number of carbonyl (C=O) groups is 1. The number of aromatic nitrogens is 4. The number of halogens is 1. The normalized spacial score (nSPS) is 11.8. The largest absolute Gasteiger partial charge is 0.497 e. The van der Waals surface area contributed by atoms with Crippen molar-refractivity contribution in [1.82, 2.24) is 19.7 Å². The molecule has 0 fully saturated rings. The van der Waals surface area contributed by atoms with Gasteiger partial charge in [0.25, 0.3) is 0 Å². The van der Waals surface area contributed by atoms with E-state index in [1.54, 1.807) is 43.8 Å². The molecule has 0 N–H and O–H groups in total. The highest BCUT2D eigenvalue weighted by atomic mass is 35.5. The monoisotopic (exact) mass is 450 g/mol. The topological polar surface area (TPSA) is 69.9 Å². The summed E-state index contributed by atoms with van der Waals surface area (Å²) in [4.78, 5) is 17.0. The number of hydrogen-bond donors (Lipinski definition) is 0. The van der Waals surface area contributed by atoms with Gasteiger partial charge in [-0.2, -0.15) is 0 Å². The highest BCUT2D eigenvalue weighted by molar-refractivity contribution is 8.00. The van der Waals surface area contributed by atoms with Gasteiger partial charge in [0.15, 0.2) is 16.8 Å². The van der Waals surface area contributed by atoms with Crippen LogP contribution in [0.3, 0.4) is 0 Å². The molecule has 2 aromatic carbocycles. The number of ether oxygens (including phenoxy) is 1. The van der Waals surface area contributed by atoms with Gasteiger partial charge in [-0.3, -0.25) is 14.3 Å². The second kappa shape index (κ2) is 9.32. The number of methoxy groups -OCH3 is 1. The molecule has 0 saturated carbocycles. The number of rotatable bonds is 7. The van der Waals surface area contributed by atoms with Gasteiger partial charge >= 0.3 is 0 Å². The van der Waals surface area contributed by atoms with Crippen LogP contribution in [0.25, 0.3) is 17.1 Å². The Labute approximate surface area is 189 Å². The molecule has 0 saturated heterocycles. The number of pyridine rings is 1. The molecule has 1 atom stereocenters. The first-order valence-electron chi connectivity index (χ1n) is 9.53. The summed E-state index contributed by atoms with van der Waals surface area (Å²) in [6.07, 6.45) is 3.42. The molecule has 6 nitrogen and oxygen atoms in total. The van der Waals surface area contributed by atoms with Gasteiger partial charge in [-0.1, -0.05) is 23.4 Å². The maximum absolute atomic E-state index is 12.9. The smallest absolute Gasteiger partial charge is 0.196 e. The summed E-state index contributed by atoms with van der Waals surface area (Å²) in [5.74, 6) is 1.42. The number of thioether (sulfide) groups is 1. The minimum absolute atomic E-state index is 0.00333. The molecule has 0 spiro atoms.